The topological polar surface area (TPSA) is 29.9 Å². The molecule has 0 bridgehead atoms. The lowest BCUT2D eigenvalue weighted by atomic mass is 10.2. The van der Waals surface area contributed by atoms with Crippen molar-refractivity contribution in [3.8, 4) is 5.69 Å². The van der Waals surface area contributed by atoms with E-state index in [4.69, 9.17) is 0 Å². The molecule has 3 heteroatoms. The van der Waals surface area contributed by atoms with Crippen LogP contribution in [0, 0.1) is 20.8 Å². The predicted octanol–water partition coefficient (Wildman–Crippen LogP) is 3.05. The Balaban J connectivity index is 1.89. The van der Waals surface area contributed by atoms with Gasteiger partial charge in [-0.3, -0.25) is 0 Å². The summed E-state index contributed by atoms with van der Waals surface area (Å²) >= 11 is 0. The second kappa shape index (κ2) is 4.82. The average molecular weight is 255 g/mol. The lowest BCUT2D eigenvalue weighted by Crippen LogP contribution is -2.16. The third-order valence-electron chi connectivity index (χ3n) is 3.86. The normalized spacial score (nSPS) is 14.9. The highest BCUT2D eigenvalue weighted by molar-refractivity contribution is 5.38. The zero-order valence-corrected chi connectivity index (χ0v) is 11.9. The Bertz CT molecular complexity index is 577. The lowest BCUT2D eigenvalue weighted by Gasteiger charge is -2.06. The maximum absolute atomic E-state index is 4.69. The van der Waals surface area contributed by atoms with Gasteiger partial charge in [-0.1, -0.05) is 17.7 Å². The van der Waals surface area contributed by atoms with Crippen LogP contribution in [-0.4, -0.2) is 15.8 Å². The van der Waals surface area contributed by atoms with Crippen LogP contribution in [0.5, 0.6) is 0 Å². The van der Waals surface area contributed by atoms with Crippen LogP contribution in [0.1, 0.15) is 35.4 Å². The number of benzene rings is 1. The number of aryl methyl sites for hydroxylation is 2. The van der Waals surface area contributed by atoms with Crippen LogP contribution in [0.2, 0.25) is 0 Å². The minimum atomic E-state index is 0.738. The second-order valence-corrected chi connectivity index (χ2v) is 5.55. The van der Waals surface area contributed by atoms with E-state index in [0.717, 1.165) is 24.0 Å². The summed E-state index contributed by atoms with van der Waals surface area (Å²) in [6.45, 7) is 7.30. The lowest BCUT2D eigenvalue weighted by molar-refractivity contribution is 0.682. The van der Waals surface area contributed by atoms with Crippen LogP contribution in [0.15, 0.2) is 24.3 Å². The second-order valence-electron chi connectivity index (χ2n) is 5.55. The van der Waals surface area contributed by atoms with Crippen molar-refractivity contribution >= 4 is 0 Å². The van der Waals surface area contributed by atoms with Crippen LogP contribution >= 0.6 is 0 Å². The van der Waals surface area contributed by atoms with Gasteiger partial charge in [0.05, 0.1) is 11.4 Å². The van der Waals surface area contributed by atoms with Crippen molar-refractivity contribution < 1.29 is 0 Å². The van der Waals surface area contributed by atoms with Gasteiger partial charge in [0.2, 0.25) is 0 Å². The van der Waals surface area contributed by atoms with Crippen molar-refractivity contribution in [1.29, 1.82) is 0 Å². The molecule has 1 aliphatic rings. The van der Waals surface area contributed by atoms with Crippen LogP contribution < -0.4 is 5.32 Å². The van der Waals surface area contributed by atoms with Gasteiger partial charge in [-0.05, 0) is 45.7 Å². The minimum Gasteiger partial charge on any atom is -0.310 e. The van der Waals surface area contributed by atoms with Gasteiger partial charge in [-0.2, -0.15) is 5.10 Å². The Morgan fingerprint density at radius 2 is 1.84 bits per heavy atom. The molecule has 1 aliphatic carbocycles. The number of nitrogens with zero attached hydrogens (tertiary/aromatic N) is 2. The molecule has 1 heterocycles. The Morgan fingerprint density at radius 3 is 2.47 bits per heavy atom. The van der Waals surface area contributed by atoms with E-state index < -0.39 is 0 Å². The van der Waals surface area contributed by atoms with Gasteiger partial charge in [0, 0.05) is 23.8 Å². The standard InChI is InChI=1S/C16H21N3/c1-11-4-8-15(9-5-11)19-13(3)16(12(2)18-19)10-17-14-6-7-14/h4-5,8-9,14,17H,6-7,10H2,1-3H3. The number of rotatable bonds is 4. The molecular weight excluding hydrogens is 234 g/mol. The quantitative estimate of drug-likeness (QED) is 0.910. The van der Waals surface area contributed by atoms with E-state index in [2.05, 4.69) is 60.1 Å². The van der Waals surface area contributed by atoms with E-state index >= 15 is 0 Å². The van der Waals surface area contributed by atoms with Gasteiger partial charge >= 0.3 is 0 Å². The summed E-state index contributed by atoms with van der Waals surface area (Å²) in [5.74, 6) is 0. The summed E-state index contributed by atoms with van der Waals surface area (Å²) in [6.07, 6.45) is 2.65. The molecule has 2 aromatic rings. The van der Waals surface area contributed by atoms with Gasteiger partial charge in [0.1, 0.15) is 0 Å². The van der Waals surface area contributed by atoms with Crippen molar-refractivity contribution in [2.75, 3.05) is 0 Å². The summed E-state index contributed by atoms with van der Waals surface area (Å²) in [5, 5.41) is 8.26. The van der Waals surface area contributed by atoms with Gasteiger partial charge < -0.3 is 5.32 Å². The fraction of sp³-hybridized carbons (Fsp3) is 0.438. The first-order chi connectivity index (χ1) is 9.15. The SMILES string of the molecule is Cc1ccc(-n2nc(C)c(CNC3CC3)c2C)cc1. The molecule has 1 saturated carbocycles. The van der Waals surface area contributed by atoms with Crippen LogP contribution in [-0.2, 0) is 6.54 Å². The number of aromatic nitrogens is 2. The van der Waals surface area contributed by atoms with E-state index in [1.54, 1.807) is 0 Å². The Hall–Kier alpha value is -1.61. The van der Waals surface area contributed by atoms with Crippen molar-refractivity contribution in [3.63, 3.8) is 0 Å². The highest BCUT2D eigenvalue weighted by Crippen LogP contribution is 2.22. The first kappa shape index (κ1) is 12.4. The minimum absolute atomic E-state index is 0.738. The van der Waals surface area contributed by atoms with Crippen molar-refractivity contribution in [1.82, 2.24) is 15.1 Å². The predicted molar refractivity (Wildman–Crippen MR) is 77.6 cm³/mol. The molecule has 3 nitrogen and oxygen atoms in total. The molecular formula is C16H21N3. The van der Waals surface area contributed by atoms with E-state index in [9.17, 15) is 0 Å². The van der Waals surface area contributed by atoms with Gasteiger partial charge in [0.15, 0.2) is 0 Å². The van der Waals surface area contributed by atoms with Gasteiger partial charge in [-0.25, -0.2) is 4.68 Å². The third-order valence-corrected chi connectivity index (χ3v) is 3.86. The van der Waals surface area contributed by atoms with E-state index in [-0.39, 0.29) is 0 Å². The first-order valence-electron chi connectivity index (χ1n) is 7.00. The zero-order chi connectivity index (χ0) is 13.4. The number of hydrogen-bond acceptors (Lipinski definition) is 2. The summed E-state index contributed by atoms with van der Waals surface area (Å²) in [7, 11) is 0. The van der Waals surface area contributed by atoms with Crippen LogP contribution in [0.3, 0.4) is 0 Å². The average Bonchev–Trinajstić information content (AvgIpc) is 3.17. The highest BCUT2D eigenvalue weighted by atomic mass is 15.3. The van der Waals surface area contributed by atoms with Gasteiger partial charge in [-0.15, -0.1) is 0 Å². The molecule has 100 valence electrons. The summed E-state index contributed by atoms with van der Waals surface area (Å²) in [5.41, 5.74) is 6.14. The molecule has 1 aromatic carbocycles. The molecule has 0 unspecified atom stereocenters. The molecule has 1 aromatic heterocycles. The molecule has 0 atom stereocenters. The summed E-state index contributed by atoms with van der Waals surface area (Å²) in [6, 6.07) is 9.27. The number of nitrogens with one attached hydrogen (secondary N) is 1. The fourth-order valence-corrected chi connectivity index (χ4v) is 2.40. The molecule has 19 heavy (non-hydrogen) atoms. The first-order valence-corrected chi connectivity index (χ1v) is 7.00. The zero-order valence-electron chi connectivity index (χ0n) is 11.9. The summed E-state index contributed by atoms with van der Waals surface area (Å²) in [4.78, 5) is 0. The largest absolute Gasteiger partial charge is 0.310 e. The smallest absolute Gasteiger partial charge is 0.0649 e. The molecule has 0 spiro atoms. The Labute approximate surface area is 114 Å². The molecule has 0 saturated heterocycles. The van der Waals surface area contributed by atoms with E-state index in [1.165, 1.54) is 29.7 Å². The summed E-state index contributed by atoms with van der Waals surface area (Å²) < 4.78 is 2.05. The molecule has 0 aliphatic heterocycles. The number of hydrogen-bond donors (Lipinski definition) is 1. The molecule has 3 rings (SSSR count). The van der Waals surface area contributed by atoms with Crippen molar-refractivity contribution in [2.24, 2.45) is 0 Å². The van der Waals surface area contributed by atoms with Crippen molar-refractivity contribution in [2.45, 2.75) is 46.2 Å². The van der Waals surface area contributed by atoms with Crippen molar-refractivity contribution in [3.05, 3.63) is 46.8 Å². The Kier molecular flexibility index (Phi) is 3.15. The Morgan fingerprint density at radius 1 is 1.16 bits per heavy atom. The highest BCUT2D eigenvalue weighted by Gasteiger charge is 2.21. The van der Waals surface area contributed by atoms with E-state index in [0.29, 0.717) is 0 Å². The molecule has 0 radical (unpaired) electrons. The van der Waals surface area contributed by atoms with Crippen LogP contribution in [0.4, 0.5) is 0 Å². The molecule has 1 fully saturated rings. The molecule has 1 N–H and O–H groups in total. The fourth-order valence-electron chi connectivity index (χ4n) is 2.40. The van der Waals surface area contributed by atoms with Crippen LogP contribution in [0.25, 0.3) is 5.69 Å². The van der Waals surface area contributed by atoms with Gasteiger partial charge in [0.25, 0.3) is 0 Å². The van der Waals surface area contributed by atoms with E-state index in [1.807, 2.05) is 0 Å². The maximum Gasteiger partial charge on any atom is 0.0649 e. The third kappa shape index (κ3) is 2.56. The molecule has 0 amide bonds. The maximum atomic E-state index is 4.69. The monoisotopic (exact) mass is 255 g/mol.